The zero-order valence-electron chi connectivity index (χ0n) is 11.9. The van der Waals surface area contributed by atoms with Crippen LogP contribution in [0.5, 0.6) is 0 Å². The fraction of sp³-hybridized carbons (Fsp3) is 0.429. The minimum atomic E-state index is -0.132. The second-order valence-corrected chi connectivity index (χ2v) is 6.20. The molecule has 0 fully saturated rings. The number of nitrogens with zero attached hydrogens (tertiary/aromatic N) is 1. The van der Waals surface area contributed by atoms with Gasteiger partial charge in [-0.15, -0.1) is 11.3 Å². The fourth-order valence-corrected chi connectivity index (χ4v) is 3.20. The predicted molar refractivity (Wildman–Crippen MR) is 80.7 cm³/mol. The Hall–Kier alpha value is -1.33. The van der Waals surface area contributed by atoms with E-state index in [1.165, 1.54) is 11.3 Å². The van der Waals surface area contributed by atoms with Gasteiger partial charge in [-0.3, -0.25) is 4.79 Å². The van der Waals surface area contributed by atoms with E-state index in [4.69, 9.17) is 16.1 Å². The minimum absolute atomic E-state index is 0.0160. The maximum atomic E-state index is 12.2. The van der Waals surface area contributed by atoms with Crippen LogP contribution in [-0.2, 0) is 6.42 Å². The lowest BCUT2D eigenvalue weighted by Crippen LogP contribution is -2.34. The molecule has 4 nitrogen and oxygen atoms in total. The SMILES string of the molecule is Cc1csc(C(=O)NC(C)Cc2c(C)noc2C)c1Cl. The van der Waals surface area contributed by atoms with Gasteiger partial charge in [-0.25, -0.2) is 0 Å². The van der Waals surface area contributed by atoms with Crippen LogP contribution in [0, 0.1) is 20.8 Å². The summed E-state index contributed by atoms with van der Waals surface area (Å²) >= 11 is 7.47. The Morgan fingerprint density at radius 2 is 2.20 bits per heavy atom. The number of aryl methyl sites for hydroxylation is 3. The Labute approximate surface area is 127 Å². The summed E-state index contributed by atoms with van der Waals surface area (Å²) in [7, 11) is 0. The summed E-state index contributed by atoms with van der Waals surface area (Å²) in [6.45, 7) is 7.63. The van der Waals surface area contributed by atoms with Crippen molar-refractivity contribution in [2.75, 3.05) is 0 Å². The van der Waals surface area contributed by atoms with Gasteiger partial charge in [-0.2, -0.15) is 0 Å². The van der Waals surface area contributed by atoms with Crippen molar-refractivity contribution >= 4 is 28.8 Å². The van der Waals surface area contributed by atoms with Crippen LogP contribution in [0.25, 0.3) is 0 Å². The Balaban J connectivity index is 2.03. The average Bonchev–Trinajstić information content (AvgIpc) is 2.87. The van der Waals surface area contributed by atoms with Gasteiger partial charge in [0.1, 0.15) is 10.6 Å². The molecule has 0 spiro atoms. The van der Waals surface area contributed by atoms with Gasteiger partial charge in [0.2, 0.25) is 0 Å². The first-order valence-corrected chi connectivity index (χ1v) is 7.62. The maximum Gasteiger partial charge on any atom is 0.263 e. The zero-order valence-corrected chi connectivity index (χ0v) is 13.5. The van der Waals surface area contributed by atoms with E-state index >= 15 is 0 Å². The molecule has 2 heterocycles. The Morgan fingerprint density at radius 1 is 1.50 bits per heavy atom. The van der Waals surface area contributed by atoms with Crippen molar-refractivity contribution in [1.29, 1.82) is 0 Å². The van der Waals surface area contributed by atoms with E-state index < -0.39 is 0 Å². The number of carbonyl (C=O) groups is 1. The molecule has 0 aliphatic rings. The van der Waals surface area contributed by atoms with Crippen LogP contribution < -0.4 is 5.32 Å². The van der Waals surface area contributed by atoms with E-state index in [9.17, 15) is 4.79 Å². The van der Waals surface area contributed by atoms with Crippen molar-refractivity contribution in [3.05, 3.63) is 37.9 Å². The summed E-state index contributed by atoms with van der Waals surface area (Å²) < 4.78 is 5.13. The predicted octanol–water partition coefficient (Wildman–Crippen LogP) is 3.68. The molecule has 2 aromatic rings. The molecule has 6 heteroatoms. The van der Waals surface area contributed by atoms with E-state index in [1.54, 1.807) is 0 Å². The molecule has 1 unspecified atom stereocenters. The Morgan fingerprint density at radius 3 is 2.70 bits per heavy atom. The van der Waals surface area contributed by atoms with Crippen LogP contribution >= 0.6 is 22.9 Å². The molecule has 2 rings (SSSR count). The number of halogens is 1. The highest BCUT2D eigenvalue weighted by Crippen LogP contribution is 2.27. The Bertz CT molecular complexity index is 614. The Kier molecular flexibility index (Phi) is 4.50. The van der Waals surface area contributed by atoms with Crippen molar-refractivity contribution < 1.29 is 9.32 Å². The average molecular weight is 313 g/mol. The third-order valence-electron chi connectivity index (χ3n) is 3.17. The number of nitrogens with one attached hydrogen (secondary N) is 1. The van der Waals surface area contributed by atoms with Gasteiger partial charge in [0, 0.05) is 11.6 Å². The molecule has 0 bridgehead atoms. The number of hydrogen-bond donors (Lipinski definition) is 1. The molecule has 1 N–H and O–H groups in total. The van der Waals surface area contributed by atoms with Crippen molar-refractivity contribution in [2.24, 2.45) is 0 Å². The summed E-state index contributed by atoms with van der Waals surface area (Å²) in [6.07, 6.45) is 0.689. The van der Waals surface area contributed by atoms with E-state index in [0.717, 1.165) is 22.6 Å². The molecule has 0 aromatic carbocycles. The number of carbonyl (C=O) groups excluding carboxylic acids is 1. The largest absolute Gasteiger partial charge is 0.361 e. The second-order valence-electron chi connectivity index (χ2n) is 4.94. The van der Waals surface area contributed by atoms with Gasteiger partial charge in [0.05, 0.1) is 10.7 Å². The molecular formula is C14H17ClN2O2S. The van der Waals surface area contributed by atoms with E-state index in [2.05, 4.69) is 10.5 Å². The quantitative estimate of drug-likeness (QED) is 0.937. The molecule has 0 aliphatic heterocycles. The van der Waals surface area contributed by atoms with Crippen molar-refractivity contribution in [2.45, 2.75) is 40.2 Å². The smallest absolute Gasteiger partial charge is 0.263 e. The first-order chi connectivity index (χ1) is 9.40. The van der Waals surface area contributed by atoms with Crippen LogP contribution in [-0.4, -0.2) is 17.1 Å². The van der Waals surface area contributed by atoms with Crippen molar-refractivity contribution in [3.63, 3.8) is 0 Å². The first kappa shape index (κ1) is 15.1. The van der Waals surface area contributed by atoms with Gasteiger partial charge in [0.25, 0.3) is 5.91 Å². The third-order valence-corrected chi connectivity index (χ3v) is 4.87. The number of aromatic nitrogens is 1. The van der Waals surface area contributed by atoms with Gasteiger partial charge < -0.3 is 9.84 Å². The molecule has 0 saturated heterocycles. The van der Waals surface area contributed by atoms with E-state index in [1.807, 2.05) is 33.1 Å². The highest BCUT2D eigenvalue weighted by Gasteiger charge is 2.18. The van der Waals surface area contributed by atoms with Crippen LogP contribution in [0.2, 0.25) is 5.02 Å². The van der Waals surface area contributed by atoms with Crippen LogP contribution in [0.4, 0.5) is 0 Å². The van der Waals surface area contributed by atoms with Crippen molar-refractivity contribution in [3.8, 4) is 0 Å². The molecule has 2 aromatic heterocycles. The standard InChI is InChI=1S/C14H17ClN2O2S/c1-7-6-20-13(12(7)15)14(18)16-8(2)5-11-9(3)17-19-10(11)4/h6,8H,5H2,1-4H3,(H,16,18). The molecule has 1 atom stereocenters. The number of amides is 1. The number of hydrogen-bond acceptors (Lipinski definition) is 4. The van der Waals surface area contributed by atoms with E-state index in [0.29, 0.717) is 16.3 Å². The summed E-state index contributed by atoms with van der Waals surface area (Å²) in [4.78, 5) is 12.7. The fourth-order valence-electron chi connectivity index (χ4n) is 2.02. The van der Waals surface area contributed by atoms with Crippen LogP contribution in [0.15, 0.2) is 9.90 Å². The summed E-state index contributed by atoms with van der Waals surface area (Å²) in [5, 5.41) is 9.30. The summed E-state index contributed by atoms with van der Waals surface area (Å²) in [5.41, 5.74) is 2.85. The molecular weight excluding hydrogens is 296 g/mol. The lowest BCUT2D eigenvalue weighted by molar-refractivity contribution is 0.0944. The van der Waals surface area contributed by atoms with Gasteiger partial charge >= 0.3 is 0 Å². The molecule has 1 amide bonds. The molecule has 0 aliphatic carbocycles. The minimum Gasteiger partial charge on any atom is -0.361 e. The van der Waals surface area contributed by atoms with Gasteiger partial charge in [0.15, 0.2) is 0 Å². The molecule has 20 heavy (non-hydrogen) atoms. The highest BCUT2D eigenvalue weighted by molar-refractivity contribution is 7.13. The normalized spacial score (nSPS) is 12.4. The van der Waals surface area contributed by atoms with Crippen LogP contribution in [0.3, 0.4) is 0 Å². The monoisotopic (exact) mass is 312 g/mol. The topological polar surface area (TPSA) is 55.1 Å². The van der Waals surface area contributed by atoms with E-state index in [-0.39, 0.29) is 11.9 Å². The third kappa shape index (κ3) is 3.04. The van der Waals surface area contributed by atoms with Gasteiger partial charge in [-0.05, 0) is 45.1 Å². The maximum absolute atomic E-state index is 12.2. The second kappa shape index (κ2) is 5.97. The molecule has 108 valence electrons. The first-order valence-electron chi connectivity index (χ1n) is 6.36. The molecule has 0 radical (unpaired) electrons. The lowest BCUT2D eigenvalue weighted by Gasteiger charge is -2.13. The van der Waals surface area contributed by atoms with Crippen LogP contribution in [0.1, 0.15) is 39.2 Å². The number of rotatable bonds is 4. The van der Waals surface area contributed by atoms with Gasteiger partial charge in [-0.1, -0.05) is 16.8 Å². The summed E-state index contributed by atoms with van der Waals surface area (Å²) in [5.74, 6) is 0.668. The molecule has 0 saturated carbocycles. The van der Waals surface area contributed by atoms with Crippen molar-refractivity contribution in [1.82, 2.24) is 10.5 Å². The number of thiophene rings is 1. The highest BCUT2D eigenvalue weighted by atomic mass is 35.5. The zero-order chi connectivity index (χ0) is 14.9. The lowest BCUT2D eigenvalue weighted by atomic mass is 10.1. The summed E-state index contributed by atoms with van der Waals surface area (Å²) in [6, 6.07) is -0.0160.